The number of Topliss-reactive ketones (excluding diaryl/α,β-unsaturated/α-hetero) is 1. The highest BCUT2D eigenvalue weighted by Crippen LogP contribution is 2.52. The summed E-state index contributed by atoms with van der Waals surface area (Å²) in [5, 5.41) is 1.99. The highest BCUT2D eigenvalue weighted by Gasteiger charge is 2.55. The number of ether oxygens (including phenoxy) is 2. The van der Waals surface area contributed by atoms with Crippen molar-refractivity contribution in [2.75, 3.05) is 6.61 Å². The first-order valence-electron chi connectivity index (χ1n) is 8.89. The molecule has 1 atom stereocenters. The van der Waals surface area contributed by atoms with Gasteiger partial charge in [-0.05, 0) is 59.6 Å². The van der Waals surface area contributed by atoms with E-state index in [4.69, 9.17) is 9.47 Å². The molecule has 1 fully saturated rings. The summed E-state index contributed by atoms with van der Waals surface area (Å²) in [6.07, 6.45) is 7.85. The van der Waals surface area contributed by atoms with Gasteiger partial charge in [0.2, 0.25) is 0 Å². The summed E-state index contributed by atoms with van der Waals surface area (Å²) in [4.78, 5) is 38.7. The Kier molecular flexibility index (Phi) is 4.44. The molecule has 4 rings (SSSR count). The molecule has 1 aromatic rings. The Labute approximate surface area is 160 Å². The Morgan fingerprint density at radius 3 is 2.81 bits per heavy atom. The van der Waals surface area contributed by atoms with Gasteiger partial charge >= 0.3 is 12.1 Å². The summed E-state index contributed by atoms with van der Waals surface area (Å²) in [5.41, 5.74) is 2.02. The number of hydrogen-bond donors (Lipinski definition) is 0. The minimum Gasteiger partial charge on any atom is -0.434 e. The molecule has 3 aliphatic rings. The molecular weight excluding hydrogens is 364 g/mol. The first kappa shape index (κ1) is 17.7. The highest BCUT2D eigenvalue weighted by molar-refractivity contribution is 7.11. The summed E-state index contributed by atoms with van der Waals surface area (Å²) in [5.74, 6) is -1.04. The second-order valence-electron chi connectivity index (χ2n) is 6.56. The van der Waals surface area contributed by atoms with E-state index in [0.29, 0.717) is 24.8 Å². The van der Waals surface area contributed by atoms with Crippen LogP contribution in [0.2, 0.25) is 0 Å². The van der Waals surface area contributed by atoms with Crippen LogP contribution in [0.3, 0.4) is 0 Å². The van der Waals surface area contributed by atoms with Crippen molar-refractivity contribution in [1.29, 1.82) is 0 Å². The summed E-state index contributed by atoms with van der Waals surface area (Å²) in [6.45, 7) is 1.72. The maximum absolute atomic E-state index is 13.0. The Hall–Kier alpha value is -2.73. The first-order chi connectivity index (χ1) is 13.1. The van der Waals surface area contributed by atoms with Gasteiger partial charge in [-0.3, -0.25) is 9.59 Å². The van der Waals surface area contributed by atoms with Gasteiger partial charge < -0.3 is 9.47 Å². The molecule has 0 aromatic carbocycles. The number of rotatable bonds is 4. The smallest absolute Gasteiger partial charge is 0.434 e. The molecule has 0 aliphatic heterocycles. The minimum absolute atomic E-state index is 0.0963. The fourth-order valence-electron chi connectivity index (χ4n) is 3.97. The zero-order valence-corrected chi connectivity index (χ0v) is 15.6. The molecule has 1 unspecified atom stereocenters. The molecule has 27 heavy (non-hydrogen) atoms. The predicted molar refractivity (Wildman–Crippen MR) is 101 cm³/mol. The van der Waals surface area contributed by atoms with Crippen molar-refractivity contribution in [2.24, 2.45) is 5.41 Å². The molecule has 138 valence electrons. The molecule has 0 saturated heterocycles. The SMILES string of the molecule is CCOC(=O)OC(=O)C1(C2=C3C=CC=C3C(c3cccs3)=C2)CCCC1=O. The van der Waals surface area contributed by atoms with E-state index in [-0.39, 0.29) is 12.4 Å². The lowest BCUT2D eigenvalue weighted by Crippen LogP contribution is -2.39. The van der Waals surface area contributed by atoms with Crippen LogP contribution < -0.4 is 0 Å². The van der Waals surface area contributed by atoms with Gasteiger partial charge in [-0.15, -0.1) is 11.3 Å². The standard InChI is InChI=1S/C21H18O5S/c1-2-25-20(24)26-19(23)21(10-4-9-18(21)22)16-12-15(17-8-5-11-27-17)13-6-3-7-14(13)16/h3,5-8,11-12H,2,4,9-10H2,1H3. The van der Waals surface area contributed by atoms with Crippen molar-refractivity contribution >= 4 is 34.8 Å². The van der Waals surface area contributed by atoms with Crippen molar-refractivity contribution in [3.63, 3.8) is 0 Å². The van der Waals surface area contributed by atoms with Crippen LogP contribution >= 0.6 is 11.3 Å². The van der Waals surface area contributed by atoms with Gasteiger partial charge in [0.05, 0.1) is 6.61 Å². The molecule has 1 saturated carbocycles. The van der Waals surface area contributed by atoms with E-state index in [2.05, 4.69) is 0 Å². The molecular formula is C21H18O5S. The molecule has 1 aromatic heterocycles. The van der Waals surface area contributed by atoms with E-state index in [1.165, 1.54) is 0 Å². The number of esters is 1. The highest BCUT2D eigenvalue weighted by atomic mass is 32.1. The van der Waals surface area contributed by atoms with Crippen LogP contribution in [-0.4, -0.2) is 24.5 Å². The van der Waals surface area contributed by atoms with Crippen molar-refractivity contribution < 1.29 is 23.9 Å². The van der Waals surface area contributed by atoms with E-state index >= 15 is 0 Å². The number of hydrogen-bond acceptors (Lipinski definition) is 6. The number of ketones is 1. The van der Waals surface area contributed by atoms with E-state index in [0.717, 1.165) is 21.6 Å². The lowest BCUT2D eigenvalue weighted by Gasteiger charge is -2.26. The lowest BCUT2D eigenvalue weighted by molar-refractivity contribution is -0.152. The maximum atomic E-state index is 13.0. The Morgan fingerprint density at radius 1 is 1.30 bits per heavy atom. The summed E-state index contributed by atoms with van der Waals surface area (Å²) in [6, 6.07) is 3.98. The van der Waals surface area contributed by atoms with Gasteiger partial charge in [-0.25, -0.2) is 4.79 Å². The van der Waals surface area contributed by atoms with E-state index < -0.39 is 17.5 Å². The largest absolute Gasteiger partial charge is 0.516 e. The van der Waals surface area contributed by atoms with Crippen molar-refractivity contribution in [3.8, 4) is 0 Å². The second kappa shape index (κ2) is 6.78. The first-order valence-corrected chi connectivity index (χ1v) is 9.77. The zero-order chi connectivity index (χ0) is 19.0. The number of thiophene rings is 1. The van der Waals surface area contributed by atoms with E-state index in [1.807, 2.05) is 41.8 Å². The Bertz CT molecular complexity index is 945. The second-order valence-corrected chi connectivity index (χ2v) is 7.50. The van der Waals surface area contributed by atoms with Gasteiger partial charge in [0, 0.05) is 11.3 Å². The molecule has 0 bridgehead atoms. The average Bonchev–Trinajstić information content (AvgIpc) is 3.39. The number of carbonyl (C=O) groups excluding carboxylic acids is 3. The zero-order valence-electron chi connectivity index (χ0n) is 14.8. The van der Waals surface area contributed by atoms with Gasteiger partial charge in [-0.1, -0.05) is 24.3 Å². The molecule has 1 heterocycles. The normalized spacial score (nSPS) is 23.4. The minimum atomic E-state index is -1.45. The van der Waals surface area contributed by atoms with Crippen molar-refractivity contribution in [1.82, 2.24) is 0 Å². The topological polar surface area (TPSA) is 69.7 Å². The van der Waals surface area contributed by atoms with E-state index in [9.17, 15) is 14.4 Å². The summed E-state index contributed by atoms with van der Waals surface area (Å²) in [7, 11) is 0. The van der Waals surface area contributed by atoms with Gasteiger partial charge in [0.15, 0.2) is 11.2 Å². The van der Waals surface area contributed by atoms with Crippen LogP contribution in [-0.2, 0) is 19.1 Å². The van der Waals surface area contributed by atoms with E-state index in [1.54, 1.807) is 18.3 Å². The van der Waals surface area contributed by atoms with Crippen LogP contribution in [0.25, 0.3) is 5.57 Å². The molecule has 0 N–H and O–H groups in total. The van der Waals surface area contributed by atoms with Crippen molar-refractivity contribution in [2.45, 2.75) is 26.2 Å². The monoisotopic (exact) mass is 382 g/mol. The molecule has 0 amide bonds. The fraction of sp³-hybridized carbons (Fsp3) is 0.286. The van der Waals surface area contributed by atoms with Gasteiger partial charge in [-0.2, -0.15) is 0 Å². The third-order valence-corrected chi connectivity index (χ3v) is 6.05. The van der Waals surface area contributed by atoms with Crippen LogP contribution in [0.15, 0.2) is 58.5 Å². The van der Waals surface area contributed by atoms with Crippen molar-refractivity contribution in [3.05, 3.63) is 63.4 Å². The number of fused-ring (bicyclic) bond motifs is 1. The Balaban J connectivity index is 1.79. The number of allylic oxidation sites excluding steroid dienone is 7. The third-order valence-electron chi connectivity index (χ3n) is 5.15. The molecule has 6 heteroatoms. The summed E-state index contributed by atoms with van der Waals surface area (Å²) < 4.78 is 9.64. The van der Waals surface area contributed by atoms with Crippen LogP contribution in [0.4, 0.5) is 4.79 Å². The van der Waals surface area contributed by atoms with Gasteiger partial charge in [0.1, 0.15) is 0 Å². The molecule has 3 aliphatic carbocycles. The van der Waals surface area contributed by atoms with Crippen LogP contribution in [0.1, 0.15) is 31.1 Å². The van der Waals surface area contributed by atoms with Gasteiger partial charge in [0.25, 0.3) is 0 Å². The fourth-order valence-corrected chi connectivity index (χ4v) is 4.72. The van der Waals surface area contributed by atoms with Crippen LogP contribution in [0, 0.1) is 5.41 Å². The Morgan fingerprint density at radius 2 is 2.15 bits per heavy atom. The predicted octanol–water partition coefficient (Wildman–Crippen LogP) is 4.38. The lowest BCUT2D eigenvalue weighted by atomic mass is 9.76. The average molecular weight is 382 g/mol. The third kappa shape index (κ3) is 2.72. The maximum Gasteiger partial charge on any atom is 0.516 e. The molecule has 0 spiro atoms. The quantitative estimate of drug-likeness (QED) is 0.571. The molecule has 5 nitrogen and oxygen atoms in total. The summed E-state index contributed by atoms with van der Waals surface area (Å²) >= 11 is 1.60. The van der Waals surface area contributed by atoms with Crippen LogP contribution in [0.5, 0.6) is 0 Å². The number of carbonyl (C=O) groups is 3. The molecule has 0 radical (unpaired) electrons.